The van der Waals surface area contributed by atoms with E-state index in [0.29, 0.717) is 5.82 Å². The van der Waals surface area contributed by atoms with Gasteiger partial charge in [-0.2, -0.15) is 0 Å². The predicted octanol–water partition coefficient (Wildman–Crippen LogP) is 2.53. The second kappa shape index (κ2) is 3.77. The molecule has 4 heteroatoms. The number of pyridine rings is 1. The topological polar surface area (TPSA) is 64.1 Å². The number of nitrogens with zero attached hydrogens (tertiary/aromatic N) is 2. The molecule has 0 aliphatic rings. The molecule has 3 rings (SSSR count). The average molecular weight is 239 g/mol. The third-order valence-electron chi connectivity index (χ3n) is 3.11. The number of phenols is 1. The number of aromatic nitrogens is 2. The summed E-state index contributed by atoms with van der Waals surface area (Å²) < 4.78 is 2.07. The van der Waals surface area contributed by atoms with Crippen molar-refractivity contribution >= 4 is 16.7 Å². The molecule has 4 nitrogen and oxygen atoms in total. The van der Waals surface area contributed by atoms with E-state index in [0.717, 1.165) is 22.2 Å². The molecule has 3 aromatic rings. The standard InChI is InChI=1S/C14H13N3O/c1-17-12-4-3-11(18)6-10(12)7-13(17)9-2-5-14(15)16-8-9/h2-8,18H,1H3,(H2,15,16). The Kier molecular flexibility index (Phi) is 2.23. The summed E-state index contributed by atoms with van der Waals surface area (Å²) >= 11 is 0. The minimum Gasteiger partial charge on any atom is -0.508 e. The van der Waals surface area contributed by atoms with Gasteiger partial charge in [0.25, 0.3) is 0 Å². The predicted molar refractivity (Wildman–Crippen MR) is 72.2 cm³/mol. The van der Waals surface area contributed by atoms with Gasteiger partial charge in [0.05, 0.1) is 5.69 Å². The number of nitrogen functional groups attached to an aromatic ring is 1. The average Bonchev–Trinajstić information content (AvgIpc) is 2.67. The molecular formula is C14H13N3O. The number of fused-ring (bicyclic) bond motifs is 1. The zero-order valence-corrected chi connectivity index (χ0v) is 9.96. The van der Waals surface area contributed by atoms with E-state index in [9.17, 15) is 5.11 Å². The fraction of sp³-hybridized carbons (Fsp3) is 0.0714. The van der Waals surface area contributed by atoms with Crippen LogP contribution in [0.25, 0.3) is 22.2 Å². The van der Waals surface area contributed by atoms with E-state index in [1.807, 2.05) is 25.2 Å². The monoisotopic (exact) mass is 239 g/mol. The zero-order valence-electron chi connectivity index (χ0n) is 9.96. The summed E-state index contributed by atoms with van der Waals surface area (Å²) in [6.07, 6.45) is 1.75. The van der Waals surface area contributed by atoms with E-state index in [1.165, 1.54) is 0 Å². The lowest BCUT2D eigenvalue weighted by Gasteiger charge is -2.04. The fourth-order valence-corrected chi connectivity index (χ4v) is 2.17. The van der Waals surface area contributed by atoms with Gasteiger partial charge < -0.3 is 15.4 Å². The van der Waals surface area contributed by atoms with Crippen molar-refractivity contribution < 1.29 is 5.11 Å². The van der Waals surface area contributed by atoms with Crippen molar-refractivity contribution in [3.05, 3.63) is 42.6 Å². The summed E-state index contributed by atoms with van der Waals surface area (Å²) in [4.78, 5) is 4.10. The summed E-state index contributed by atoms with van der Waals surface area (Å²) in [5.74, 6) is 0.783. The van der Waals surface area contributed by atoms with Gasteiger partial charge >= 0.3 is 0 Å². The van der Waals surface area contributed by atoms with E-state index < -0.39 is 0 Å². The molecule has 0 spiro atoms. The quantitative estimate of drug-likeness (QED) is 0.685. The minimum atomic E-state index is 0.273. The summed E-state index contributed by atoms with van der Waals surface area (Å²) in [6.45, 7) is 0. The number of hydrogen-bond donors (Lipinski definition) is 2. The van der Waals surface area contributed by atoms with Crippen molar-refractivity contribution in [1.82, 2.24) is 9.55 Å². The molecule has 1 aromatic carbocycles. The van der Waals surface area contributed by atoms with Crippen LogP contribution in [0.4, 0.5) is 5.82 Å². The molecule has 90 valence electrons. The van der Waals surface area contributed by atoms with Gasteiger partial charge in [-0.1, -0.05) is 0 Å². The van der Waals surface area contributed by atoms with E-state index >= 15 is 0 Å². The summed E-state index contributed by atoms with van der Waals surface area (Å²) in [5.41, 5.74) is 8.70. The molecule has 0 aliphatic heterocycles. The van der Waals surface area contributed by atoms with Crippen LogP contribution in [0.1, 0.15) is 0 Å². The Labute approximate surface area is 104 Å². The SMILES string of the molecule is Cn1c(-c2ccc(N)nc2)cc2cc(O)ccc21. The van der Waals surface area contributed by atoms with E-state index in [-0.39, 0.29) is 5.75 Å². The van der Waals surface area contributed by atoms with Gasteiger partial charge in [0.2, 0.25) is 0 Å². The van der Waals surface area contributed by atoms with Crippen LogP contribution >= 0.6 is 0 Å². The highest BCUT2D eigenvalue weighted by Crippen LogP contribution is 2.29. The van der Waals surface area contributed by atoms with Crippen molar-refractivity contribution in [3.63, 3.8) is 0 Å². The Morgan fingerprint density at radius 3 is 2.72 bits per heavy atom. The number of aryl methyl sites for hydroxylation is 1. The number of benzene rings is 1. The minimum absolute atomic E-state index is 0.273. The molecule has 0 fully saturated rings. The first-order valence-corrected chi connectivity index (χ1v) is 5.65. The smallest absolute Gasteiger partial charge is 0.123 e. The third kappa shape index (κ3) is 1.59. The van der Waals surface area contributed by atoms with Gasteiger partial charge in [-0.25, -0.2) is 4.98 Å². The Balaban J connectivity index is 2.23. The van der Waals surface area contributed by atoms with E-state index in [4.69, 9.17) is 5.73 Å². The Hall–Kier alpha value is -2.49. The highest BCUT2D eigenvalue weighted by Gasteiger charge is 2.08. The summed E-state index contributed by atoms with van der Waals surface area (Å²) in [5, 5.41) is 10.5. The lowest BCUT2D eigenvalue weighted by molar-refractivity contribution is 0.476. The fourth-order valence-electron chi connectivity index (χ4n) is 2.17. The van der Waals surface area contributed by atoms with Crippen LogP contribution in [0, 0.1) is 0 Å². The highest BCUT2D eigenvalue weighted by molar-refractivity contribution is 5.87. The number of phenolic OH excluding ortho intramolecular Hbond substituents is 1. The Morgan fingerprint density at radius 2 is 2.00 bits per heavy atom. The van der Waals surface area contributed by atoms with Crippen LogP contribution < -0.4 is 5.73 Å². The van der Waals surface area contributed by atoms with Crippen molar-refractivity contribution in [2.45, 2.75) is 0 Å². The molecule has 3 N–H and O–H groups in total. The molecule has 18 heavy (non-hydrogen) atoms. The van der Waals surface area contributed by atoms with Crippen LogP contribution in [0.15, 0.2) is 42.6 Å². The number of hydrogen-bond acceptors (Lipinski definition) is 3. The molecule has 0 saturated heterocycles. The summed E-state index contributed by atoms with van der Waals surface area (Å²) in [6, 6.07) is 11.1. The number of anilines is 1. The largest absolute Gasteiger partial charge is 0.508 e. The lowest BCUT2D eigenvalue weighted by atomic mass is 10.2. The van der Waals surface area contributed by atoms with Crippen LogP contribution in [0.2, 0.25) is 0 Å². The van der Waals surface area contributed by atoms with E-state index in [1.54, 1.807) is 24.4 Å². The first-order chi connectivity index (χ1) is 8.65. The maximum Gasteiger partial charge on any atom is 0.123 e. The first kappa shape index (κ1) is 10.7. The van der Waals surface area contributed by atoms with Gasteiger partial charge in [0, 0.05) is 29.7 Å². The molecule has 2 heterocycles. The molecule has 0 unspecified atom stereocenters. The van der Waals surface area contributed by atoms with Gasteiger partial charge in [0.15, 0.2) is 0 Å². The summed E-state index contributed by atoms with van der Waals surface area (Å²) in [7, 11) is 1.99. The molecular weight excluding hydrogens is 226 g/mol. The maximum absolute atomic E-state index is 9.50. The maximum atomic E-state index is 9.50. The Bertz CT molecular complexity index is 714. The molecule has 2 aromatic heterocycles. The highest BCUT2D eigenvalue weighted by atomic mass is 16.3. The number of rotatable bonds is 1. The molecule has 0 amide bonds. The molecule has 0 aliphatic carbocycles. The number of nitrogens with two attached hydrogens (primary N) is 1. The van der Waals surface area contributed by atoms with Gasteiger partial charge in [-0.15, -0.1) is 0 Å². The van der Waals surface area contributed by atoms with Crippen molar-refractivity contribution in [2.24, 2.45) is 7.05 Å². The first-order valence-electron chi connectivity index (χ1n) is 5.65. The van der Waals surface area contributed by atoms with Gasteiger partial charge in [-0.05, 0) is 36.4 Å². The van der Waals surface area contributed by atoms with Crippen molar-refractivity contribution in [3.8, 4) is 17.0 Å². The molecule has 0 atom stereocenters. The second-order valence-corrected chi connectivity index (χ2v) is 4.30. The second-order valence-electron chi connectivity index (χ2n) is 4.30. The normalized spacial score (nSPS) is 10.9. The van der Waals surface area contributed by atoms with Crippen LogP contribution in [0.3, 0.4) is 0 Å². The number of aromatic hydroxyl groups is 1. The van der Waals surface area contributed by atoms with Crippen LogP contribution in [-0.2, 0) is 7.05 Å². The zero-order chi connectivity index (χ0) is 12.7. The van der Waals surface area contributed by atoms with Crippen LogP contribution in [0.5, 0.6) is 5.75 Å². The Morgan fingerprint density at radius 1 is 1.17 bits per heavy atom. The molecule has 0 radical (unpaired) electrons. The van der Waals surface area contributed by atoms with Crippen molar-refractivity contribution in [1.29, 1.82) is 0 Å². The third-order valence-corrected chi connectivity index (χ3v) is 3.11. The van der Waals surface area contributed by atoms with Crippen LogP contribution in [-0.4, -0.2) is 14.7 Å². The van der Waals surface area contributed by atoms with E-state index in [2.05, 4.69) is 9.55 Å². The van der Waals surface area contributed by atoms with Gasteiger partial charge in [-0.3, -0.25) is 0 Å². The molecule has 0 bridgehead atoms. The van der Waals surface area contributed by atoms with Crippen molar-refractivity contribution in [2.75, 3.05) is 5.73 Å². The lowest BCUT2D eigenvalue weighted by Crippen LogP contribution is -1.93. The van der Waals surface area contributed by atoms with Gasteiger partial charge in [0.1, 0.15) is 11.6 Å². The molecule has 0 saturated carbocycles.